The highest BCUT2D eigenvalue weighted by Gasteiger charge is 2.34. The van der Waals surface area contributed by atoms with Crippen LogP contribution in [0.4, 0.5) is 0 Å². The van der Waals surface area contributed by atoms with E-state index in [2.05, 4.69) is 36.1 Å². The Labute approximate surface area is 178 Å². The number of likely N-dealkylation sites (tertiary alicyclic amines) is 1. The van der Waals surface area contributed by atoms with Crippen molar-refractivity contribution in [1.82, 2.24) is 9.80 Å². The van der Waals surface area contributed by atoms with Crippen molar-refractivity contribution in [2.45, 2.75) is 45.2 Å². The fourth-order valence-electron chi connectivity index (χ4n) is 4.19. The topological polar surface area (TPSA) is 60.9 Å². The second-order valence-corrected chi connectivity index (χ2v) is 8.70. The van der Waals surface area contributed by atoms with E-state index in [-0.39, 0.29) is 23.4 Å². The molecule has 158 valence electrons. The normalized spacial score (nSPS) is 17.6. The van der Waals surface area contributed by atoms with Crippen molar-refractivity contribution in [3.05, 3.63) is 65.2 Å². The minimum absolute atomic E-state index is 0.00649. The van der Waals surface area contributed by atoms with Crippen molar-refractivity contribution in [2.75, 3.05) is 19.6 Å². The molecule has 1 aliphatic heterocycles. The highest BCUT2D eigenvalue weighted by Crippen LogP contribution is 2.29. The molecule has 0 bridgehead atoms. The first-order valence-electron chi connectivity index (χ1n) is 10.9. The lowest BCUT2D eigenvalue weighted by Crippen LogP contribution is -2.44. The van der Waals surface area contributed by atoms with Crippen LogP contribution in [-0.2, 0) is 11.3 Å². The Balaban J connectivity index is 1.30. The molecule has 0 unspecified atom stereocenters. The Morgan fingerprint density at radius 3 is 2.20 bits per heavy atom. The van der Waals surface area contributed by atoms with Gasteiger partial charge in [-0.2, -0.15) is 0 Å². The molecule has 0 radical (unpaired) electrons. The van der Waals surface area contributed by atoms with Crippen molar-refractivity contribution in [3.63, 3.8) is 0 Å². The summed E-state index contributed by atoms with van der Waals surface area (Å²) in [6.07, 6.45) is 3.74. The number of aryl methyl sites for hydroxylation is 1. The Hall–Kier alpha value is -2.66. The average molecular weight is 407 g/mol. The molecule has 4 rings (SSSR count). The van der Waals surface area contributed by atoms with E-state index in [1.807, 2.05) is 4.90 Å². The van der Waals surface area contributed by atoms with Crippen LogP contribution in [0.1, 0.15) is 47.2 Å². The van der Waals surface area contributed by atoms with E-state index in [1.165, 1.54) is 11.1 Å². The average Bonchev–Trinajstić information content (AvgIpc) is 3.59. The number of hydrogen-bond acceptors (Lipinski definition) is 4. The van der Waals surface area contributed by atoms with Crippen molar-refractivity contribution in [3.8, 4) is 5.75 Å². The van der Waals surface area contributed by atoms with Crippen LogP contribution in [0.15, 0.2) is 48.5 Å². The predicted molar refractivity (Wildman–Crippen MR) is 116 cm³/mol. The lowest BCUT2D eigenvalue weighted by molar-refractivity contribution is -0.134. The molecule has 0 atom stereocenters. The summed E-state index contributed by atoms with van der Waals surface area (Å²) in [7, 11) is 0. The van der Waals surface area contributed by atoms with Gasteiger partial charge in [0.1, 0.15) is 5.75 Å². The van der Waals surface area contributed by atoms with E-state index in [1.54, 1.807) is 24.3 Å². The molecule has 5 nitrogen and oxygen atoms in total. The Morgan fingerprint density at radius 2 is 1.60 bits per heavy atom. The van der Waals surface area contributed by atoms with Gasteiger partial charge in [0.15, 0.2) is 5.78 Å². The molecule has 30 heavy (non-hydrogen) atoms. The summed E-state index contributed by atoms with van der Waals surface area (Å²) in [6, 6.07) is 15.3. The summed E-state index contributed by atoms with van der Waals surface area (Å²) in [4.78, 5) is 30.0. The van der Waals surface area contributed by atoms with Gasteiger partial charge in [-0.3, -0.25) is 14.5 Å². The number of phenolic OH excluding ortho intramolecular Hbond substituents is 1. The number of amides is 1. The first kappa shape index (κ1) is 20.6. The SMILES string of the molecule is Cc1ccc(CN(C(=O)CN2CCC(C(=O)c3ccc(O)cc3)CC2)C2CC2)cc1. The number of carbonyl (C=O) groups is 2. The summed E-state index contributed by atoms with van der Waals surface area (Å²) in [5, 5.41) is 9.41. The number of ketones is 1. The standard InChI is InChI=1S/C25H30N2O3/c1-18-2-4-19(5-3-18)16-27(22-8-9-22)24(29)17-26-14-12-21(13-15-26)25(30)20-6-10-23(28)11-7-20/h2-7,10-11,21-22,28H,8-9,12-17H2,1H3. The van der Waals surface area contributed by atoms with Gasteiger partial charge in [0.2, 0.25) is 5.91 Å². The molecule has 1 N–H and O–H groups in total. The van der Waals surface area contributed by atoms with Crippen LogP contribution >= 0.6 is 0 Å². The van der Waals surface area contributed by atoms with Crippen LogP contribution in [0.5, 0.6) is 5.75 Å². The van der Waals surface area contributed by atoms with E-state index in [0.717, 1.165) is 38.8 Å². The van der Waals surface area contributed by atoms with Crippen molar-refractivity contribution in [2.24, 2.45) is 5.92 Å². The number of hydrogen-bond donors (Lipinski definition) is 1. The van der Waals surface area contributed by atoms with Gasteiger partial charge in [-0.1, -0.05) is 29.8 Å². The third kappa shape index (κ3) is 5.08. The van der Waals surface area contributed by atoms with Gasteiger partial charge in [-0.25, -0.2) is 0 Å². The zero-order valence-corrected chi connectivity index (χ0v) is 17.6. The van der Waals surface area contributed by atoms with Crippen LogP contribution in [0.3, 0.4) is 0 Å². The molecule has 2 aromatic rings. The molecule has 1 saturated carbocycles. The van der Waals surface area contributed by atoms with Gasteiger partial charge in [-0.05, 0) is 75.5 Å². The van der Waals surface area contributed by atoms with E-state index >= 15 is 0 Å². The lowest BCUT2D eigenvalue weighted by atomic mass is 9.89. The zero-order chi connectivity index (χ0) is 21.1. The molecule has 5 heteroatoms. The summed E-state index contributed by atoms with van der Waals surface area (Å²) < 4.78 is 0. The molecule has 0 spiro atoms. The van der Waals surface area contributed by atoms with E-state index in [4.69, 9.17) is 0 Å². The monoisotopic (exact) mass is 406 g/mol. The maximum atomic E-state index is 13.0. The number of Topliss-reactive ketones (excluding diaryl/α,β-unsaturated/α-hetero) is 1. The molecule has 1 saturated heterocycles. The molecule has 1 aliphatic carbocycles. The Kier molecular flexibility index (Phi) is 6.18. The summed E-state index contributed by atoms with van der Waals surface area (Å²) in [5.41, 5.74) is 3.06. The van der Waals surface area contributed by atoms with Gasteiger partial charge in [-0.15, -0.1) is 0 Å². The summed E-state index contributed by atoms with van der Waals surface area (Å²) in [6.45, 7) is 4.72. The van der Waals surface area contributed by atoms with Crippen molar-refractivity contribution in [1.29, 1.82) is 0 Å². The number of aromatic hydroxyl groups is 1. The lowest BCUT2D eigenvalue weighted by Gasteiger charge is -2.33. The minimum Gasteiger partial charge on any atom is -0.508 e. The first-order valence-corrected chi connectivity index (χ1v) is 10.9. The predicted octanol–water partition coefficient (Wildman–Crippen LogP) is 3.79. The summed E-state index contributed by atoms with van der Waals surface area (Å²) in [5.74, 6) is 0.500. The van der Waals surface area contributed by atoms with Crippen LogP contribution in [0.25, 0.3) is 0 Å². The van der Waals surface area contributed by atoms with E-state index < -0.39 is 0 Å². The summed E-state index contributed by atoms with van der Waals surface area (Å²) >= 11 is 0. The molecule has 1 heterocycles. The molecule has 2 aromatic carbocycles. The van der Waals surface area contributed by atoms with Crippen LogP contribution < -0.4 is 0 Å². The van der Waals surface area contributed by atoms with Gasteiger partial charge in [0.25, 0.3) is 0 Å². The molecule has 2 fully saturated rings. The number of phenols is 1. The highest BCUT2D eigenvalue weighted by molar-refractivity contribution is 5.98. The van der Waals surface area contributed by atoms with Gasteiger partial charge < -0.3 is 10.0 Å². The Bertz CT molecular complexity index is 880. The third-order valence-electron chi connectivity index (χ3n) is 6.25. The first-order chi connectivity index (χ1) is 14.5. The fourth-order valence-corrected chi connectivity index (χ4v) is 4.19. The number of piperidine rings is 1. The second-order valence-electron chi connectivity index (χ2n) is 8.70. The third-order valence-corrected chi connectivity index (χ3v) is 6.25. The number of rotatable bonds is 7. The number of carbonyl (C=O) groups excluding carboxylic acids is 2. The quantitative estimate of drug-likeness (QED) is 0.711. The molecule has 2 aliphatic rings. The van der Waals surface area contributed by atoms with Gasteiger partial charge >= 0.3 is 0 Å². The minimum atomic E-state index is -0.00649. The molecular formula is C25H30N2O3. The highest BCUT2D eigenvalue weighted by atomic mass is 16.3. The van der Waals surface area contributed by atoms with Crippen molar-refractivity contribution < 1.29 is 14.7 Å². The maximum absolute atomic E-state index is 13.0. The molecule has 1 amide bonds. The van der Waals surface area contributed by atoms with Gasteiger partial charge in [0, 0.05) is 24.1 Å². The molecule has 0 aromatic heterocycles. The maximum Gasteiger partial charge on any atom is 0.237 e. The van der Waals surface area contributed by atoms with Crippen LogP contribution in [0.2, 0.25) is 0 Å². The zero-order valence-electron chi connectivity index (χ0n) is 17.6. The van der Waals surface area contributed by atoms with Gasteiger partial charge in [0.05, 0.1) is 6.54 Å². The van der Waals surface area contributed by atoms with Crippen LogP contribution in [-0.4, -0.2) is 52.3 Å². The van der Waals surface area contributed by atoms with E-state index in [9.17, 15) is 14.7 Å². The fraction of sp³-hybridized carbons (Fsp3) is 0.440. The smallest absolute Gasteiger partial charge is 0.237 e. The van der Waals surface area contributed by atoms with Crippen molar-refractivity contribution >= 4 is 11.7 Å². The second kappa shape index (κ2) is 9.00. The van der Waals surface area contributed by atoms with Crippen LogP contribution in [0, 0.1) is 12.8 Å². The van der Waals surface area contributed by atoms with E-state index in [0.29, 0.717) is 24.7 Å². The largest absolute Gasteiger partial charge is 0.508 e. The molecular weight excluding hydrogens is 376 g/mol. The number of nitrogens with zero attached hydrogens (tertiary/aromatic N) is 2. The Morgan fingerprint density at radius 1 is 0.967 bits per heavy atom. The number of benzene rings is 2.